The molecule has 8 nitrogen and oxygen atoms in total. The van der Waals surface area contributed by atoms with Crippen LogP contribution in [0.5, 0.6) is 0 Å². The summed E-state index contributed by atoms with van der Waals surface area (Å²) in [6.45, 7) is 4.85. The highest BCUT2D eigenvalue weighted by Gasteiger charge is 2.60. The van der Waals surface area contributed by atoms with Gasteiger partial charge in [-0.2, -0.15) is 8.42 Å². The monoisotopic (exact) mass is 468 g/mol. The summed E-state index contributed by atoms with van der Waals surface area (Å²) in [4.78, 5) is 0.176. The van der Waals surface area contributed by atoms with Gasteiger partial charge in [-0.15, -0.1) is 0 Å². The van der Waals surface area contributed by atoms with E-state index >= 15 is 0 Å². The summed E-state index contributed by atoms with van der Waals surface area (Å²) in [6, 6.07) is 14.3. The average molecular weight is 469 g/mol. The summed E-state index contributed by atoms with van der Waals surface area (Å²) in [5.41, 5.74) is -0.168. The van der Waals surface area contributed by atoms with Crippen LogP contribution in [-0.4, -0.2) is 53.0 Å². The maximum Gasteiger partial charge on any atom is 0.297 e. The van der Waals surface area contributed by atoms with E-state index in [4.69, 9.17) is 18.4 Å². The number of epoxide rings is 1. The SMILES string of the molecule is Cc1ccc(S(=O)(=O)OC[C@H]2OC(C)(C)O[C@H]2[C@H]2O[C@@H]2S(=O)(=O)c2ccccc2)cc1. The predicted octanol–water partition coefficient (Wildman–Crippen LogP) is 2.42. The zero-order chi connectivity index (χ0) is 22.4. The van der Waals surface area contributed by atoms with Crippen molar-refractivity contribution in [2.24, 2.45) is 0 Å². The molecule has 10 heteroatoms. The number of hydrogen-bond acceptors (Lipinski definition) is 8. The van der Waals surface area contributed by atoms with Gasteiger partial charge in [-0.1, -0.05) is 35.9 Å². The first kappa shape index (κ1) is 22.4. The molecule has 0 amide bonds. The zero-order valence-corrected chi connectivity index (χ0v) is 18.9. The molecule has 0 aromatic heterocycles. The van der Waals surface area contributed by atoms with Crippen molar-refractivity contribution >= 4 is 20.0 Å². The fraction of sp³-hybridized carbons (Fsp3) is 0.429. The standard InChI is InChI=1S/C21H24O8S2/c1-14-9-11-16(12-10-14)31(24,25)26-13-17-18(29-21(2,3)28-17)19-20(27-19)30(22,23)15-7-5-4-6-8-15/h4-12,17-20H,13H2,1-3H3/t17-,18-,19-,20-/m1/s1. The number of sulfone groups is 1. The van der Waals surface area contributed by atoms with Crippen LogP contribution < -0.4 is 0 Å². The van der Waals surface area contributed by atoms with Crippen molar-refractivity contribution in [2.45, 2.75) is 60.1 Å². The van der Waals surface area contributed by atoms with Crippen LogP contribution in [0.2, 0.25) is 0 Å². The minimum atomic E-state index is -4.01. The van der Waals surface area contributed by atoms with E-state index in [0.717, 1.165) is 5.56 Å². The van der Waals surface area contributed by atoms with Gasteiger partial charge >= 0.3 is 0 Å². The normalized spacial score (nSPS) is 27.8. The van der Waals surface area contributed by atoms with E-state index in [9.17, 15) is 16.8 Å². The van der Waals surface area contributed by atoms with Gasteiger partial charge in [0.05, 0.1) is 16.4 Å². The Balaban J connectivity index is 1.47. The first-order chi connectivity index (χ1) is 14.5. The second kappa shape index (κ2) is 7.95. The lowest BCUT2D eigenvalue weighted by atomic mass is 10.1. The molecule has 2 aliphatic rings. The summed E-state index contributed by atoms with van der Waals surface area (Å²) in [7, 11) is -7.73. The topological polar surface area (TPSA) is 108 Å². The molecule has 4 rings (SSSR count). The van der Waals surface area contributed by atoms with Crippen molar-refractivity contribution < 1.29 is 35.2 Å². The van der Waals surface area contributed by atoms with E-state index in [1.54, 1.807) is 44.2 Å². The Hall–Kier alpha value is -1.82. The summed E-state index contributed by atoms with van der Waals surface area (Å²) in [5.74, 6) is -1.04. The molecule has 2 saturated heterocycles. The number of aryl methyl sites for hydroxylation is 1. The Bertz CT molecular complexity index is 1140. The van der Waals surface area contributed by atoms with E-state index in [1.807, 2.05) is 6.92 Å². The molecule has 2 aromatic rings. The van der Waals surface area contributed by atoms with Gasteiger partial charge in [-0.3, -0.25) is 4.18 Å². The van der Waals surface area contributed by atoms with E-state index in [-0.39, 0.29) is 16.4 Å². The second-order valence-corrected chi connectivity index (χ2v) is 11.7. The first-order valence-corrected chi connectivity index (χ1v) is 12.7. The first-order valence-electron chi connectivity index (χ1n) is 9.76. The zero-order valence-electron chi connectivity index (χ0n) is 17.3. The second-order valence-electron chi connectivity index (χ2n) is 8.02. The third kappa shape index (κ3) is 4.69. The van der Waals surface area contributed by atoms with E-state index in [2.05, 4.69) is 0 Å². The quantitative estimate of drug-likeness (QED) is 0.450. The predicted molar refractivity (Wildman–Crippen MR) is 110 cm³/mol. The minimum absolute atomic E-state index is 0.0278. The lowest BCUT2D eigenvalue weighted by molar-refractivity contribution is -0.149. The number of hydrogen-bond donors (Lipinski definition) is 0. The third-order valence-corrected chi connectivity index (χ3v) is 8.32. The van der Waals surface area contributed by atoms with Crippen molar-refractivity contribution in [3.63, 3.8) is 0 Å². The molecule has 0 N–H and O–H groups in total. The van der Waals surface area contributed by atoms with Gasteiger partial charge in [0.2, 0.25) is 9.84 Å². The largest absolute Gasteiger partial charge is 0.349 e. The van der Waals surface area contributed by atoms with Crippen molar-refractivity contribution in [3.8, 4) is 0 Å². The maximum atomic E-state index is 12.8. The molecule has 0 radical (unpaired) electrons. The fourth-order valence-corrected chi connectivity index (χ4v) is 6.04. The van der Waals surface area contributed by atoms with Crippen molar-refractivity contribution in [2.75, 3.05) is 6.61 Å². The van der Waals surface area contributed by atoms with Gasteiger partial charge in [-0.05, 0) is 45.0 Å². The van der Waals surface area contributed by atoms with Crippen LogP contribution in [0.25, 0.3) is 0 Å². The van der Waals surface area contributed by atoms with Crippen LogP contribution in [0, 0.1) is 6.92 Å². The highest BCUT2D eigenvalue weighted by Crippen LogP contribution is 2.42. The molecular formula is C21H24O8S2. The van der Waals surface area contributed by atoms with Crippen molar-refractivity contribution in [1.29, 1.82) is 0 Å². The van der Waals surface area contributed by atoms with Crippen LogP contribution in [0.1, 0.15) is 19.4 Å². The van der Waals surface area contributed by atoms with Crippen molar-refractivity contribution in [3.05, 3.63) is 60.2 Å². The molecule has 2 heterocycles. The fourth-order valence-electron chi connectivity index (χ4n) is 3.54. The van der Waals surface area contributed by atoms with E-state index < -0.39 is 49.5 Å². The molecule has 0 unspecified atom stereocenters. The Morgan fingerprint density at radius 1 is 0.871 bits per heavy atom. The van der Waals surface area contributed by atoms with E-state index in [0.29, 0.717) is 0 Å². The van der Waals surface area contributed by atoms with Gasteiger partial charge in [0.25, 0.3) is 10.1 Å². The Morgan fingerprint density at radius 3 is 2.16 bits per heavy atom. The Morgan fingerprint density at radius 2 is 1.52 bits per heavy atom. The molecule has 2 aliphatic heterocycles. The smallest absolute Gasteiger partial charge is 0.297 e. The molecule has 4 atom stereocenters. The highest BCUT2D eigenvalue weighted by molar-refractivity contribution is 7.92. The van der Waals surface area contributed by atoms with Crippen LogP contribution >= 0.6 is 0 Å². The molecular weight excluding hydrogens is 444 g/mol. The highest BCUT2D eigenvalue weighted by atomic mass is 32.2. The van der Waals surface area contributed by atoms with Crippen LogP contribution in [0.15, 0.2) is 64.4 Å². The van der Waals surface area contributed by atoms with Crippen LogP contribution in [0.4, 0.5) is 0 Å². The Labute approximate surface area is 182 Å². The minimum Gasteiger partial charge on any atom is -0.349 e. The summed E-state index contributed by atoms with van der Waals surface area (Å²) in [6.07, 6.45) is -2.41. The van der Waals surface area contributed by atoms with Gasteiger partial charge in [-0.25, -0.2) is 8.42 Å². The van der Waals surface area contributed by atoms with Gasteiger partial charge in [0, 0.05) is 0 Å². The summed E-state index contributed by atoms with van der Waals surface area (Å²) >= 11 is 0. The average Bonchev–Trinajstić information content (AvgIpc) is 3.46. The molecule has 2 aromatic carbocycles. The van der Waals surface area contributed by atoms with Crippen LogP contribution in [0.3, 0.4) is 0 Å². The molecule has 168 valence electrons. The molecule has 0 aliphatic carbocycles. The van der Waals surface area contributed by atoms with Crippen molar-refractivity contribution in [1.82, 2.24) is 0 Å². The number of rotatable bonds is 7. The Kier molecular flexibility index (Phi) is 5.74. The molecule has 0 saturated carbocycles. The van der Waals surface area contributed by atoms with E-state index in [1.165, 1.54) is 24.3 Å². The molecule has 31 heavy (non-hydrogen) atoms. The summed E-state index contributed by atoms with van der Waals surface area (Å²) < 4.78 is 73.0. The van der Waals surface area contributed by atoms with Gasteiger partial charge < -0.3 is 14.2 Å². The van der Waals surface area contributed by atoms with Gasteiger partial charge in [0.1, 0.15) is 18.3 Å². The lowest BCUT2D eigenvalue weighted by Crippen LogP contribution is -2.35. The molecule has 0 spiro atoms. The summed E-state index contributed by atoms with van der Waals surface area (Å²) in [5, 5.41) is 0. The van der Waals surface area contributed by atoms with Gasteiger partial charge in [0.15, 0.2) is 11.2 Å². The molecule has 0 bridgehead atoms. The third-order valence-electron chi connectivity index (χ3n) is 5.10. The molecule has 2 fully saturated rings. The number of ether oxygens (including phenoxy) is 3. The van der Waals surface area contributed by atoms with Crippen LogP contribution in [-0.2, 0) is 38.3 Å². The maximum absolute atomic E-state index is 12.8. The number of benzene rings is 2. The lowest BCUT2D eigenvalue weighted by Gasteiger charge is -2.16.